The number of thiocarbonyl (C=S) groups is 1. The Morgan fingerprint density at radius 3 is 2.89 bits per heavy atom. The van der Waals surface area contributed by atoms with Crippen LogP contribution in [0.3, 0.4) is 0 Å². The van der Waals surface area contributed by atoms with E-state index in [1.54, 1.807) is 11.3 Å². The minimum atomic E-state index is 0.383. The fraction of sp³-hybridized carbons (Fsp3) is 0.231. The highest BCUT2D eigenvalue weighted by molar-refractivity contribution is 7.80. The lowest BCUT2D eigenvalue weighted by molar-refractivity contribution is 1.09. The second-order valence-electron chi connectivity index (χ2n) is 4.10. The second kappa shape index (κ2) is 5.46. The Hall–Kier alpha value is -1.46. The molecule has 2 heterocycles. The van der Waals surface area contributed by atoms with Crippen LogP contribution < -0.4 is 11.1 Å². The lowest BCUT2D eigenvalue weighted by Crippen LogP contribution is -2.16. The van der Waals surface area contributed by atoms with Crippen LogP contribution in [0.4, 0.5) is 5.82 Å². The Kier molecular flexibility index (Phi) is 3.93. The van der Waals surface area contributed by atoms with E-state index in [4.69, 9.17) is 18.0 Å². The van der Waals surface area contributed by atoms with Crippen molar-refractivity contribution < 1.29 is 0 Å². The molecule has 0 saturated carbocycles. The van der Waals surface area contributed by atoms with E-state index in [-0.39, 0.29) is 0 Å². The van der Waals surface area contributed by atoms with Crippen LogP contribution in [-0.2, 0) is 6.54 Å². The van der Waals surface area contributed by atoms with Crippen molar-refractivity contribution >= 4 is 34.4 Å². The molecule has 0 aliphatic rings. The summed E-state index contributed by atoms with van der Waals surface area (Å²) in [6.07, 6.45) is 0. The molecule has 2 aromatic heterocycles. The average molecular weight is 277 g/mol. The van der Waals surface area contributed by atoms with Crippen molar-refractivity contribution in [3.8, 4) is 0 Å². The molecule has 0 amide bonds. The summed E-state index contributed by atoms with van der Waals surface area (Å²) in [5.41, 5.74) is 8.63. The van der Waals surface area contributed by atoms with Gasteiger partial charge in [0, 0.05) is 10.6 Å². The summed E-state index contributed by atoms with van der Waals surface area (Å²) in [7, 11) is 0. The molecule has 0 aliphatic heterocycles. The SMILES string of the molecule is Cc1cc(C)c(C(N)=S)c(NCc2cccs2)n1. The van der Waals surface area contributed by atoms with E-state index in [9.17, 15) is 0 Å². The maximum absolute atomic E-state index is 5.77. The molecule has 0 aliphatic carbocycles. The van der Waals surface area contributed by atoms with E-state index >= 15 is 0 Å². The number of aryl methyl sites for hydroxylation is 2. The van der Waals surface area contributed by atoms with Crippen LogP contribution in [0.2, 0.25) is 0 Å². The van der Waals surface area contributed by atoms with Crippen molar-refractivity contribution in [1.29, 1.82) is 0 Å². The first-order chi connectivity index (χ1) is 8.58. The number of aromatic nitrogens is 1. The molecule has 0 fully saturated rings. The molecule has 0 radical (unpaired) electrons. The molecule has 3 N–H and O–H groups in total. The third-order valence-electron chi connectivity index (χ3n) is 2.60. The van der Waals surface area contributed by atoms with Gasteiger partial charge in [-0.25, -0.2) is 4.98 Å². The first kappa shape index (κ1) is 13.0. The quantitative estimate of drug-likeness (QED) is 0.844. The van der Waals surface area contributed by atoms with Gasteiger partial charge in [-0.05, 0) is 36.9 Å². The summed E-state index contributed by atoms with van der Waals surface area (Å²) in [5.74, 6) is 0.772. The molecule has 2 rings (SSSR count). The smallest absolute Gasteiger partial charge is 0.137 e. The van der Waals surface area contributed by atoms with Gasteiger partial charge < -0.3 is 11.1 Å². The fourth-order valence-corrected chi connectivity index (χ4v) is 2.76. The molecule has 0 aromatic carbocycles. The van der Waals surface area contributed by atoms with E-state index in [2.05, 4.69) is 21.7 Å². The zero-order chi connectivity index (χ0) is 13.1. The van der Waals surface area contributed by atoms with Crippen LogP contribution in [-0.4, -0.2) is 9.97 Å². The zero-order valence-corrected chi connectivity index (χ0v) is 12.0. The van der Waals surface area contributed by atoms with Crippen LogP contribution in [0.15, 0.2) is 23.6 Å². The van der Waals surface area contributed by atoms with Crippen molar-refractivity contribution in [2.24, 2.45) is 5.73 Å². The van der Waals surface area contributed by atoms with E-state index < -0.39 is 0 Å². The minimum Gasteiger partial charge on any atom is -0.389 e. The van der Waals surface area contributed by atoms with E-state index in [0.29, 0.717) is 4.99 Å². The predicted molar refractivity (Wildman–Crippen MR) is 81.2 cm³/mol. The zero-order valence-electron chi connectivity index (χ0n) is 10.4. The van der Waals surface area contributed by atoms with Crippen LogP contribution in [0.1, 0.15) is 21.7 Å². The third-order valence-corrected chi connectivity index (χ3v) is 3.68. The van der Waals surface area contributed by atoms with Gasteiger partial charge >= 0.3 is 0 Å². The molecular formula is C13H15N3S2. The topological polar surface area (TPSA) is 50.9 Å². The van der Waals surface area contributed by atoms with E-state index in [1.165, 1.54) is 4.88 Å². The number of nitrogens with one attached hydrogen (secondary N) is 1. The highest BCUT2D eigenvalue weighted by Crippen LogP contribution is 2.20. The summed E-state index contributed by atoms with van der Waals surface area (Å²) in [6, 6.07) is 6.11. The minimum absolute atomic E-state index is 0.383. The first-order valence-electron chi connectivity index (χ1n) is 5.62. The van der Waals surface area contributed by atoms with Crippen molar-refractivity contribution in [2.75, 3.05) is 5.32 Å². The number of nitrogens with zero attached hydrogens (tertiary/aromatic N) is 1. The molecule has 0 atom stereocenters. The number of thiophene rings is 1. The normalized spacial score (nSPS) is 10.3. The van der Waals surface area contributed by atoms with E-state index in [1.807, 2.05) is 26.0 Å². The van der Waals surface area contributed by atoms with Crippen LogP contribution in [0.5, 0.6) is 0 Å². The van der Waals surface area contributed by atoms with Crippen molar-refractivity contribution in [1.82, 2.24) is 4.98 Å². The standard InChI is InChI=1S/C13H15N3S2/c1-8-6-9(2)16-13(11(8)12(14)17)15-7-10-4-3-5-18-10/h3-6H,7H2,1-2H3,(H2,14,17)(H,15,16). The molecule has 5 heteroatoms. The summed E-state index contributed by atoms with van der Waals surface area (Å²) in [5, 5.41) is 5.37. The predicted octanol–water partition coefficient (Wildman–Crippen LogP) is 3.01. The third kappa shape index (κ3) is 2.86. The van der Waals surface area contributed by atoms with Crippen molar-refractivity contribution in [3.63, 3.8) is 0 Å². The summed E-state index contributed by atoms with van der Waals surface area (Å²) < 4.78 is 0. The number of hydrogen-bond acceptors (Lipinski definition) is 4. The number of hydrogen-bond donors (Lipinski definition) is 2. The summed E-state index contributed by atoms with van der Waals surface area (Å²) in [4.78, 5) is 6.12. The fourth-order valence-electron chi connectivity index (χ4n) is 1.86. The Balaban J connectivity index is 2.28. The maximum Gasteiger partial charge on any atom is 0.137 e. The second-order valence-corrected chi connectivity index (χ2v) is 5.57. The molecule has 0 spiro atoms. The van der Waals surface area contributed by atoms with Gasteiger partial charge in [0.05, 0.1) is 12.1 Å². The number of pyridine rings is 1. The van der Waals surface area contributed by atoms with Gasteiger partial charge in [0.25, 0.3) is 0 Å². The van der Waals surface area contributed by atoms with E-state index in [0.717, 1.165) is 29.2 Å². The molecular weight excluding hydrogens is 262 g/mol. The Morgan fingerprint density at radius 1 is 1.50 bits per heavy atom. The van der Waals surface area contributed by atoms with Crippen LogP contribution in [0.25, 0.3) is 0 Å². The van der Waals surface area contributed by atoms with Gasteiger partial charge in [0.2, 0.25) is 0 Å². The molecule has 3 nitrogen and oxygen atoms in total. The first-order valence-corrected chi connectivity index (χ1v) is 6.91. The molecule has 94 valence electrons. The van der Waals surface area contributed by atoms with Gasteiger partial charge in [-0.1, -0.05) is 18.3 Å². The number of rotatable bonds is 4. The summed E-state index contributed by atoms with van der Waals surface area (Å²) in [6.45, 7) is 4.70. The highest BCUT2D eigenvalue weighted by Gasteiger charge is 2.11. The molecule has 0 saturated heterocycles. The summed E-state index contributed by atoms with van der Waals surface area (Å²) >= 11 is 6.81. The lowest BCUT2D eigenvalue weighted by atomic mass is 10.1. The Morgan fingerprint density at radius 2 is 2.28 bits per heavy atom. The Labute approximate surface area is 116 Å². The van der Waals surface area contributed by atoms with Crippen LogP contribution >= 0.6 is 23.6 Å². The number of nitrogens with two attached hydrogens (primary N) is 1. The largest absolute Gasteiger partial charge is 0.389 e. The lowest BCUT2D eigenvalue weighted by Gasteiger charge is -2.13. The molecule has 0 bridgehead atoms. The highest BCUT2D eigenvalue weighted by atomic mass is 32.1. The maximum atomic E-state index is 5.77. The van der Waals surface area contributed by atoms with Gasteiger partial charge in [-0.15, -0.1) is 11.3 Å². The van der Waals surface area contributed by atoms with Gasteiger partial charge in [0.15, 0.2) is 0 Å². The molecule has 18 heavy (non-hydrogen) atoms. The van der Waals surface area contributed by atoms with Gasteiger partial charge in [-0.2, -0.15) is 0 Å². The van der Waals surface area contributed by atoms with Gasteiger partial charge in [0.1, 0.15) is 10.8 Å². The average Bonchev–Trinajstić information content (AvgIpc) is 2.77. The Bertz CT molecular complexity index is 562. The monoisotopic (exact) mass is 277 g/mol. The van der Waals surface area contributed by atoms with Crippen LogP contribution in [0, 0.1) is 13.8 Å². The number of anilines is 1. The van der Waals surface area contributed by atoms with Crippen molar-refractivity contribution in [3.05, 3.63) is 45.3 Å². The van der Waals surface area contributed by atoms with Gasteiger partial charge in [-0.3, -0.25) is 0 Å². The molecule has 2 aromatic rings. The van der Waals surface area contributed by atoms with Crippen molar-refractivity contribution in [2.45, 2.75) is 20.4 Å². The molecule has 0 unspecified atom stereocenters.